The average Bonchev–Trinajstić information content (AvgIpc) is 2.62. The predicted molar refractivity (Wildman–Crippen MR) is 74.4 cm³/mol. The molecule has 0 aliphatic rings. The van der Waals surface area contributed by atoms with Crippen LogP contribution in [0.2, 0.25) is 0 Å². The van der Waals surface area contributed by atoms with Crippen molar-refractivity contribution in [3.05, 3.63) is 24.0 Å². The van der Waals surface area contributed by atoms with Gasteiger partial charge in [-0.25, -0.2) is 9.37 Å². The molecule has 0 bridgehead atoms. The minimum atomic E-state index is -0.296. The number of anilines is 1. The van der Waals surface area contributed by atoms with Gasteiger partial charge in [0.1, 0.15) is 5.82 Å². The first-order valence-electron chi connectivity index (χ1n) is 6.33. The molecule has 0 aliphatic heterocycles. The highest BCUT2D eigenvalue weighted by molar-refractivity contribution is 5.78. The first-order valence-corrected chi connectivity index (χ1v) is 6.33. The summed E-state index contributed by atoms with van der Waals surface area (Å²) in [6.07, 6.45) is 0.920. The number of nitrogens with zero attached hydrogens (tertiary/aromatic N) is 2. The van der Waals surface area contributed by atoms with E-state index in [1.807, 2.05) is 4.57 Å². The van der Waals surface area contributed by atoms with Crippen molar-refractivity contribution in [3.8, 4) is 0 Å². The Hall–Kier alpha value is -1.62. The van der Waals surface area contributed by atoms with E-state index in [1.54, 1.807) is 13.2 Å². The first kappa shape index (κ1) is 13.8. The molecule has 4 nitrogen and oxygen atoms in total. The smallest absolute Gasteiger partial charge is 0.201 e. The van der Waals surface area contributed by atoms with Crippen LogP contribution in [0, 0.1) is 11.2 Å². The van der Waals surface area contributed by atoms with E-state index in [0.29, 0.717) is 18.1 Å². The number of imidazole rings is 1. The molecule has 2 N–H and O–H groups in total. The molecule has 0 spiro atoms. The average molecular weight is 265 g/mol. The lowest BCUT2D eigenvalue weighted by molar-refractivity contribution is 0.143. The minimum absolute atomic E-state index is 0.0339. The second-order valence-corrected chi connectivity index (χ2v) is 5.60. The SMILES string of the molecule is COCCC(C)(C)Cn1c(N)nc2cc(F)ccc21. The van der Waals surface area contributed by atoms with E-state index in [0.717, 1.165) is 18.5 Å². The number of methoxy groups -OCH3 is 1. The Labute approximate surface area is 112 Å². The van der Waals surface area contributed by atoms with Crippen LogP contribution in [0.3, 0.4) is 0 Å². The summed E-state index contributed by atoms with van der Waals surface area (Å²) in [5.41, 5.74) is 7.43. The Morgan fingerprint density at radius 3 is 2.84 bits per heavy atom. The summed E-state index contributed by atoms with van der Waals surface area (Å²) in [4.78, 5) is 4.21. The molecule has 0 atom stereocenters. The maximum atomic E-state index is 13.2. The highest BCUT2D eigenvalue weighted by Crippen LogP contribution is 2.27. The van der Waals surface area contributed by atoms with Crippen LogP contribution in [0.1, 0.15) is 20.3 Å². The molecule has 5 heteroatoms. The highest BCUT2D eigenvalue weighted by atomic mass is 19.1. The standard InChI is InChI=1S/C14H20FN3O/c1-14(2,6-7-19-3)9-18-12-5-4-10(15)8-11(12)17-13(18)16/h4-5,8H,6-7,9H2,1-3H3,(H2,16,17). The van der Waals surface area contributed by atoms with Crippen LogP contribution in [-0.4, -0.2) is 23.3 Å². The van der Waals surface area contributed by atoms with Gasteiger partial charge in [0, 0.05) is 26.3 Å². The van der Waals surface area contributed by atoms with E-state index in [2.05, 4.69) is 18.8 Å². The number of aromatic nitrogens is 2. The topological polar surface area (TPSA) is 53.1 Å². The van der Waals surface area contributed by atoms with Crippen molar-refractivity contribution in [2.75, 3.05) is 19.5 Å². The van der Waals surface area contributed by atoms with E-state index in [4.69, 9.17) is 10.5 Å². The van der Waals surface area contributed by atoms with Gasteiger partial charge in [0.25, 0.3) is 0 Å². The van der Waals surface area contributed by atoms with Crippen molar-refractivity contribution in [2.45, 2.75) is 26.8 Å². The number of nitrogen functional groups attached to an aromatic ring is 1. The molecule has 1 heterocycles. The Kier molecular flexibility index (Phi) is 3.75. The van der Waals surface area contributed by atoms with Gasteiger partial charge >= 0.3 is 0 Å². The third-order valence-electron chi connectivity index (χ3n) is 3.31. The van der Waals surface area contributed by atoms with Crippen LogP contribution < -0.4 is 5.73 Å². The predicted octanol–water partition coefficient (Wildman–Crippen LogP) is 2.82. The van der Waals surface area contributed by atoms with E-state index in [-0.39, 0.29) is 11.2 Å². The van der Waals surface area contributed by atoms with Crippen LogP contribution in [0.15, 0.2) is 18.2 Å². The van der Waals surface area contributed by atoms with Crippen molar-refractivity contribution in [2.24, 2.45) is 5.41 Å². The minimum Gasteiger partial charge on any atom is -0.385 e. The molecule has 0 saturated carbocycles. The van der Waals surface area contributed by atoms with E-state index in [1.165, 1.54) is 12.1 Å². The second-order valence-electron chi connectivity index (χ2n) is 5.60. The van der Waals surface area contributed by atoms with Gasteiger partial charge in [0.2, 0.25) is 5.95 Å². The molecule has 0 fully saturated rings. The number of rotatable bonds is 5. The summed E-state index contributed by atoms with van der Waals surface area (Å²) in [6.45, 7) is 5.74. The van der Waals surface area contributed by atoms with Gasteiger partial charge in [-0.05, 0) is 24.0 Å². The molecule has 0 radical (unpaired) electrons. The zero-order valence-corrected chi connectivity index (χ0v) is 11.6. The van der Waals surface area contributed by atoms with Crippen molar-refractivity contribution in [1.82, 2.24) is 9.55 Å². The Bertz CT molecular complexity index is 577. The Balaban J connectivity index is 2.32. The summed E-state index contributed by atoms with van der Waals surface area (Å²) < 4.78 is 20.2. The third kappa shape index (κ3) is 3.04. The quantitative estimate of drug-likeness (QED) is 0.904. The summed E-state index contributed by atoms with van der Waals surface area (Å²) in [6, 6.07) is 4.56. The van der Waals surface area contributed by atoms with Gasteiger partial charge in [-0.3, -0.25) is 0 Å². The van der Waals surface area contributed by atoms with Crippen molar-refractivity contribution in [1.29, 1.82) is 0 Å². The maximum Gasteiger partial charge on any atom is 0.201 e. The van der Waals surface area contributed by atoms with Gasteiger partial charge in [0.05, 0.1) is 11.0 Å². The third-order valence-corrected chi connectivity index (χ3v) is 3.31. The Morgan fingerprint density at radius 2 is 2.16 bits per heavy atom. The fraction of sp³-hybridized carbons (Fsp3) is 0.500. The number of nitrogens with two attached hydrogens (primary N) is 1. The number of fused-ring (bicyclic) bond motifs is 1. The molecule has 1 aromatic heterocycles. The zero-order chi connectivity index (χ0) is 14.0. The van der Waals surface area contributed by atoms with Gasteiger partial charge < -0.3 is 15.0 Å². The maximum absolute atomic E-state index is 13.2. The fourth-order valence-electron chi connectivity index (χ4n) is 2.17. The van der Waals surface area contributed by atoms with Gasteiger partial charge in [-0.1, -0.05) is 13.8 Å². The zero-order valence-electron chi connectivity index (χ0n) is 11.6. The van der Waals surface area contributed by atoms with Gasteiger partial charge in [0.15, 0.2) is 0 Å². The van der Waals surface area contributed by atoms with Gasteiger partial charge in [-0.2, -0.15) is 0 Å². The van der Waals surface area contributed by atoms with E-state index >= 15 is 0 Å². The lowest BCUT2D eigenvalue weighted by Crippen LogP contribution is -2.22. The molecule has 1 aromatic carbocycles. The molecular weight excluding hydrogens is 245 g/mol. The molecule has 2 aromatic rings. The molecule has 19 heavy (non-hydrogen) atoms. The summed E-state index contributed by atoms with van der Waals surface area (Å²) in [5.74, 6) is 0.127. The van der Waals surface area contributed by atoms with E-state index < -0.39 is 0 Å². The van der Waals surface area contributed by atoms with Crippen LogP contribution in [0.4, 0.5) is 10.3 Å². The number of benzene rings is 1. The lowest BCUT2D eigenvalue weighted by Gasteiger charge is -2.25. The van der Waals surface area contributed by atoms with Crippen LogP contribution >= 0.6 is 0 Å². The lowest BCUT2D eigenvalue weighted by atomic mass is 9.89. The Morgan fingerprint density at radius 1 is 1.42 bits per heavy atom. The monoisotopic (exact) mass is 265 g/mol. The van der Waals surface area contributed by atoms with Crippen molar-refractivity contribution >= 4 is 17.0 Å². The number of ether oxygens (including phenoxy) is 1. The van der Waals surface area contributed by atoms with Crippen LogP contribution in [0.5, 0.6) is 0 Å². The first-order chi connectivity index (χ1) is 8.93. The molecule has 0 unspecified atom stereocenters. The summed E-state index contributed by atoms with van der Waals surface area (Å²) in [5, 5.41) is 0. The highest BCUT2D eigenvalue weighted by Gasteiger charge is 2.21. The fourth-order valence-corrected chi connectivity index (χ4v) is 2.17. The molecule has 2 rings (SSSR count). The second kappa shape index (κ2) is 5.17. The van der Waals surface area contributed by atoms with Crippen molar-refractivity contribution < 1.29 is 9.13 Å². The molecule has 0 amide bonds. The van der Waals surface area contributed by atoms with Crippen molar-refractivity contribution in [3.63, 3.8) is 0 Å². The molecule has 104 valence electrons. The number of halogens is 1. The molecular formula is C14H20FN3O. The normalized spacial score (nSPS) is 12.2. The number of hydrogen-bond acceptors (Lipinski definition) is 3. The summed E-state index contributed by atoms with van der Waals surface area (Å²) in [7, 11) is 1.69. The molecule has 0 aliphatic carbocycles. The molecule has 0 saturated heterocycles. The van der Waals surface area contributed by atoms with E-state index in [9.17, 15) is 4.39 Å². The van der Waals surface area contributed by atoms with Gasteiger partial charge in [-0.15, -0.1) is 0 Å². The number of hydrogen-bond donors (Lipinski definition) is 1. The summed E-state index contributed by atoms with van der Waals surface area (Å²) >= 11 is 0. The van der Waals surface area contributed by atoms with Crippen LogP contribution in [-0.2, 0) is 11.3 Å². The largest absolute Gasteiger partial charge is 0.385 e. The van der Waals surface area contributed by atoms with Crippen LogP contribution in [0.25, 0.3) is 11.0 Å².